The van der Waals surface area contributed by atoms with Crippen molar-refractivity contribution in [3.63, 3.8) is 0 Å². The zero-order chi connectivity index (χ0) is 16.0. The number of piperidine rings is 1. The molecule has 0 spiro atoms. The second-order valence-corrected chi connectivity index (χ2v) is 6.78. The van der Waals surface area contributed by atoms with Crippen LogP contribution < -0.4 is 0 Å². The molecule has 0 bridgehead atoms. The third-order valence-corrected chi connectivity index (χ3v) is 5.19. The summed E-state index contributed by atoms with van der Waals surface area (Å²) < 4.78 is 0. The van der Waals surface area contributed by atoms with Crippen LogP contribution in [-0.2, 0) is 13.0 Å². The van der Waals surface area contributed by atoms with Gasteiger partial charge in [-0.05, 0) is 67.4 Å². The monoisotopic (exact) mass is 310 g/mol. The average molecular weight is 310 g/mol. The lowest BCUT2D eigenvalue weighted by Crippen LogP contribution is -2.41. The van der Waals surface area contributed by atoms with Crippen LogP contribution in [0.25, 0.3) is 0 Å². The Labute approximate surface area is 139 Å². The van der Waals surface area contributed by atoms with Gasteiger partial charge in [-0.3, -0.25) is 9.88 Å². The topological polar surface area (TPSA) is 36.4 Å². The van der Waals surface area contributed by atoms with Crippen molar-refractivity contribution in [3.8, 4) is 0 Å². The first-order valence-corrected chi connectivity index (χ1v) is 8.56. The Balaban J connectivity index is 1.52. The van der Waals surface area contributed by atoms with Crippen molar-refractivity contribution in [1.82, 2.24) is 9.88 Å². The van der Waals surface area contributed by atoms with Gasteiger partial charge in [-0.1, -0.05) is 30.3 Å². The maximum absolute atomic E-state index is 9.97. The maximum Gasteiger partial charge on any atom is 0.0488 e. The summed E-state index contributed by atoms with van der Waals surface area (Å²) in [5, 5.41) is 9.97. The molecule has 0 unspecified atom stereocenters. The van der Waals surface area contributed by atoms with Gasteiger partial charge in [-0.25, -0.2) is 0 Å². The first kappa shape index (κ1) is 16.2. The number of hydrogen-bond donors (Lipinski definition) is 1. The second-order valence-electron chi connectivity index (χ2n) is 6.78. The molecular weight excluding hydrogens is 284 g/mol. The van der Waals surface area contributed by atoms with E-state index in [9.17, 15) is 5.11 Å². The number of aromatic nitrogens is 1. The van der Waals surface area contributed by atoms with E-state index in [1.165, 1.54) is 11.1 Å². The minimum Gasteiger partial charge on any atom is -0.396 e. The number of benzene rings is 1. The minimum atomic E-state index is 0.102. The Kier molecular flexibility index (Phi) is 5.42. The van der Waals surface area contributed by atoms with Crippen LogP contribution in [0, 0.1) is 5.41 Å². The summed E-state index contributed by atoms with van der Waals surface area (Å²) in [6, 6.07) is 14.8. The fourth-order valence-electron chi connectivity index (χ4n) is 3.47. The number of likely N-dealkylation sites (tertiary alicyclic amines) is 1. The van der Waals surface area contributed by atoms with Gasteiger partial charge in [0.15, 0.2) is 0 Å². The van der Waals surface area contributed by atoms with E-state index in [0.717, 1.165) is 45.3 Å². The van der Waals surface area contributed by atoms with Crippen LogP contribution in [0.15, 0.2) is 54.9 Å². The van der Waals surface area contributed by atoms with E-state index in [0.29, 0.717) is 6.61 Å². The van der Waals surface area contributed by atoms with Crippen molar-refractivity contribution < 1.29 is 5.11 Å². The molecule has 1 aliphatic rings. The number of hydrogen-bond acceptors (Lipinski definition) is 3. The van der Waals surface area contributed by atoms with Crippen LogP contribution in [0.4, 0.5) is 0 Å². The highest BCUT2D eigenvalue weighted by Crippen LogP contribution is 2.36. The zero-order valence-electron chi connectivity index (χ0n) is 13.7. The van der Waals surface area contributed by atoms with E-state index < -0.39 is 0 Å². The van der Waals surface area contributed by atoms with Gasteiger partial charge in [-0.15, -0.1) is 0 Å². The first-order chi connectivity index (χ1) is 11.3. The molecule has 122 valence electrons. The van der Waals surface area contributed by atoms with Crippen molar-refractivity contribution in [2.75, 3.05) is 19.7 Å². The average Bonchev–Trinajstić information content (AvgIpc) is 2.63. The van der Waals surface area contributed by atoms with Gasteiger partial charge in [-0.2, -0.15) is 0 Å². The highest BCUT2D eigenvalue weighted by Gasteiger charge is 2.33. The molecule has 1 aromatic heterocycles. The summed E-state index contributed by atoms with van der Waals surface area (Å²) in [4.78, 5) is 6.57. The summed E-state index contributed by atoms with van der Waals surface area (Å²) in [6.45, 7) is 3.43. The predicted octanol–water partition coefficient (Wildman–Crippen LogP) is 3.29. The lowest BCUT2D eigenvalue weighted by atomic mass is 9.75. The standard InChI is InChI=1S/C20H26N2O/c23-17-20(9-6-18-4-2-1-3-5-18)10-14-22(15-11-20)16-19-7-12-21-13-8-19/h1-5,7-8,12-13,23H,6,9-11,14-17H2. The Morgan fingerprint density at radius 2 is 1.65 bits per heavy atom. The quantitative estimate of drug-likeness (QED) is 0.889. The molecule has 2 aromatic rings. The Hall–Kier alpha value is -1.71. The molecule has 0 saturated carbocycles. The fourth-order valence-corrected chi connectivity index (χ4v) is 3.47. The van der Waals surface area contributed by atoms with Crippen LogP contribution >= 0.6 is 0 Å². The van der Waals surface area contributed by atoms with Gasteiger partial charge < -0.3 is 5.11 Å². The van der Waals surface area contributed by atoms with E-state index in [1.54, 1.807) is 0 Å². The van der Waals surface area contributed by atoms with Crippen molar-refractivity contribution >= 4 is 0 Å². The van der Waals surface area contributed by atoms with Crippen molar-refractivity contribution in [3.05, 3.63) is 66.0 Å². The number of aliphatic hydroxyl groups excluding tert-OH is 1. The van der Waals surface area contributed by atoms with E-state index in [4.69, 9.17) is 0 Å². The molecule has 2 heterocycles. The summed E-state index contributed by atoms with van der Waals surface area (Å²) in [6.07, 6.45) is 8.03. The molecule has 0 amide bonds. The molecule has 3 nitrogen and oxygen atoms in total. The molecule has 1 fully saturated rings. The molecule has 3 rings (SSSR count). The minimum absolute atomic E-state index is 0.102. The Bertz CT molecular complexity index is 577. The van der Waals surface area contributed by atoms with Crippen molar-refractivity contribution in [2.45, 2.75) is 32.2 Å². The van der Waals surface area contributed by atoms with E-state index >= 15 is 0 Å². The van der Waals surface area contributed by atoms with Crippen molar-refractivity contribution in [1.29, 1.82) is 0 Å². The lowest BCUT2D eigenvalue weighted by Gasteiger charge is -2.41. The number of rotatable bonds is 6. The van der Waals surface area contributed by atoms with Crippen LogP contribution in [0.5, 0.6) is 0 Å². The van der Waals surface area contributed by atoms with Gasteiger partial charge in [0, 0.05) is 25.5 Å². The molecule has 0 aliphatic carbocycles. The molecule has 23 heavy (non-hydrogen) atoms. The maximum atomic E-state index is 9.97. The van der Waals surface area contributed by atoms with Crippen LogP contribution in [0.1, 0.15) is 30.4 Å². The summed E-state index contributed by atoms with van der Waals surface area (Å²) in [5.74, 6) is 0. The zero-order valence-corrected chi connectivity index (χ0v) is 13.7. The van der Waals surface area contributed by atoms with Crippen LogP contribution in [-0.4, -0.2) is 34.7 Å². The lowest BCUT2D eigenvalue weighted by molar-refractivity contribution is 0.0347. The highest BCUT2D eigenvalue weighted by molar-refractivity contribution is 5.15. The summed E-state index contributed by atoms with van der Waals surface area (Å²) in [7, 11) is 0. The summed E-state index contributed by atoms with van der Waals surface area (Å²) >= 11 is 0. The molecule has 1 saturated heterocycles. The van der Waals surface area contributed by atoms with Gasteiger partial charge in [0.05, 0.1) is 0 Å². The molecule has 3 heteroatoms. The largest absolute Gasteiger partial charge is 0.396 e. The first-order valence-electron chi connectivity index (χ1n) is 8.56. The number of aliphatic hydroxyl groups is 1. The number of aryl methyl sites for hydroxylation is 1. The number of nitrogens with zero attached hydrogens (tertiary/aromatic N) is 2. The van der Waals surface area contributed by atoms with Crippen molar-refractivity contribution in [2.24, 2.45) is 5.41 Å². The molecule has 1 aliphatic heterocycles. The summed E-state index contributed by atoms with van der Waals surface area (Å²) in [5.41, 5.74) is 2.80. The Morgan fingerprint density at radius 3 is 2.30 bits per heavy atom. The van der Waals surface area contributed by atoms with Gasteiger partial charge in [0.1, 0.15) is 0 Å². The number of pyridine rings is 1. The molecular formula is C20H26N2O. The van der Waals surface area contributed by atoms with E-state index in [1.807, 2.05) is 12.4 Å². The predicted molar refractivity (Wildman–Crippen MR) is 93.0 cm³/mol. The van der Waals surface area contributed by atoms with E-state index in [-0.39, 0.29) is 5.41 Å². The fraction of sp³-hybridized carbons (Fsp3) is 0.450. The molecule has 0 radical (unpaired) electrons. The third-order valence-electron chi connectivity index (χ3n) is 5.19. The molecule has 1 N–H and O–H groups in total. The molecule has 0 atom stereocenters. The van der Waals surface area contributed by atoms with Gasteiger partial charge in [0.25, 0.3) is 0 Å². The normalized spacial score (nSPS) is 18.0. The van der Waals surface area contributed by atoms with Gasteiger partial charge >= 0.3 is 0 Å². The second kappa shape index (κ2) is 7.71. The van der Waals surface area contributed by atoms with Crippen LogP contribution in [0.2, 0.25) is 0 Å². The van der Waals surface area contributed by atoms with E-state index in [2.05, 4.69) is 52.3 Å². The SMILES string of the molecule is OCC1(CCc2ccccc2)CCN(Cc2ccncc2)CC1. The third kappa shape index (κ3) is 4.40. The highest BCUT2D eigenvalue weighted by atomic mass is 16.3. The van der Waals surface area contributed by atoms with Gasteiger partial charge in [0.2, 0.25) is 0 Å². The molecule has 1 aromatic carbocycles. The van der Waals surface area contributed by atoms with Crippen LogP contribution in [0.3, 0.4) is 0 Å². The Morgan fingerprint density at radius 1 is 0.957 bits per heavy atom. The smallest absolute Gasteiger partial charge is 0.0488 e.